The maximum absolute atomic E-state index is 12.5. The van der Waals surface area contributed by atoms with E-state index in [0.29, 0.717) is 32.8 Å². The smallest absolute Gasteiger partial charge is 0.280 e. The molecule has 0 saturated heterocycles. The molecule has 8 nitrogen and oxygen atoms in total. The van der Waals surface area contributed by atoms with Gasteiger partial charge in [-0.3, -0.25) is 20.2 Å². The van der Waals surface area contributed by atoms with Crippen molar-refractivity contribution in [2.75, 3.05) is 19.5 Å². The van der Waals surface area contributed by atoms with Crippen LogP contribution in [0.15, 0.2) is 35.0 Å². The van der Waals surface area contributed by atoms with Gasteiger partial charge in [0.15, 0.2) is 5.13 Å². The first-order valence-corrected chi connectivity index (χ1v) is 9.00. The predicted molar refractivity (Wildman–Crippen MR) is 99.6 cm³/mol. The number of thiophene rings is 1. The monoisotopic (exact) mass is 391 g/mol. The van der Waals surface area contributed by atoms with Crippen LogP contribution in [-0.4, -0.2) is 30.0 Å². The second-order valence-corrected chi connectivity index (χ2v) is 6.75. The summed E-state index contributed by atoms with van der Waals surface area (Å²) in [5.74, 6) is 0.550. The van der Waals surface area contributed by atoms with Crippen LogP contribution in [0.3, 0.4) is 0 Å². The van der Waals surface area contributed by atoms with Crippen LogP contribution in [0.2, 0.25) is 0 Å². The number of amides is 1. The zero-order valence-electron chi connectivity index (χ0n) is 13.7. The van der Waals surface area contributed by atoms with E-state index in [1.807, 2.05) is 0 Å². The molecular formula is C16H13N3O5S2. The number of methoxy groups -OCH3 is 2. The van der Waals surface area contributed by atoms with Crippen molar-refractivity contribution >= 4 is 39.4 Å². The first kappa shape index (κ1) is 17.8. The van der Waals surface area contributed by atoms with Crippen molar-refractivity contribution in [1.29, 1.82) is 0 Å². The third kappa shape index (κ3) is 3.65. The molecule has 10 heteroatoms. The van der Waals surface area contributed by atoms with Crippen molar-refractivity contribution in [3.8, 4) is 22.1 Å². The van der Waals surface area contributed by atoms with Gasteiger partial charge in [-0.15, -0.1) is 22.7 Å². The normalized spacial score (nSPS) is 10.4. The van der Waals surface area contributed by atoms with E-state index in [2.05, 4.69) is 10.3 Å². The molecule has 1 aromatic carbocycles. The molecule has 3 rings (SSSR count). The van der Waals surface area contributed by atoms with E-state index < -0.39 is 4.92 Å². The van der Waals surface area contributed by atoms with Crippen LogP contribution < -0.4 is 14.8 Å². The summed E-state index contributed by atoms with van der Waals surface area (Å²) in [6.45, 7) is 0. The van der Waals surface area contributed by atoms with E-state index in [1.54, 1.807) is 23.6 Å². The molecule has 2 aromatic heterocycles. The van der Waals surface area contributed by atoms with Gasteiger partial charge in [0.25, 0.3) is 11.6 Å². The summed E-state index contributed by atoms with van der Waals surface area (Å²) in [5.41, 5.74) is 0.904. The van der Waals surface area contributed by atoms with Crippen molar-refractivity contribution in [3.05, 3.63) is 50.7 Å². The van der Waals surface area contributed by atoms with Crippen LogP contribution >= 0.6 is 22.7 Å². The Hall–Kier alpha value is -2.98. The highest BCUT2D eigenvalue weighted by Crippen LogP contribution is 2.33. The zero-order valence-corrected chi connectivity index (χ0v) is 15.3. The molecular weight excluding hydrogens is 378 g/mol. The molecule has 26 heavy (non-hydrogen) atoms. The highest BCUT2D eigenvalue weighted by molar-refractivity contribution is 7.16. The number of carbonyl (C=O) groups is 1. The molecule has 0 radical (unpaired) electrons. The van der Waals surface area contributed by atoms with E-state index in [4.69, 9.17) is 9.47 Å². The van der Waals surface area contributed by atoms with Gasteiger partial charge in [0.05, 0.1) is 40.7 Å². The highest BCUT2D eigenvalue weighted by Gasteiger charge is 2.17. The standard InChI is InChI=1S/C16H13N3O5S2/c1-23-10-3-4-13(24-2)11(6-10)15(20)18-16-17-12(8-26-16)14-5-9(7-25-14)19(21)22/h3-8H,1-2H3,(H,17,18,20). The Kier molecular flexibility index (Phi) is 5.14. The zero-order chi connectivity index (χ0) is 18.7. The molecule has 0 aliphatic carbocycles. The van der Waals surface area contributed by atoms with Gasteiger partial charge in [0, 0.05) is 11.4 Å². The Balaban J connectivity index is 1.80. The Morgan fingerprint density at radius 3 is 2.65 bits per heavy atom. The van der Waals surface area contributed by atoms with E-state index in [0.717, 1.165) is 0 Å². The number of aromatic nitrogens is 1. The quantitative estimate of drug-likeness (QED) is 0.502. The van der Waals surface area contributed by atoms with E-state index in [9.17, 15) is 14.9 Å². The van der Waals surface area contributed by atoms with Gasteiger partial charge in [-0.2, -0.15) is 0 Å². The minimum absolute atomic E-state index is 0.0182. The van der Waals surface area contributed by atoms with E-state index in [-0.39, 0.29) is 11.6 Å². The summed E-state index contributed by atoms with van der Waals surface area (Å²) in [6, 6.07) is 6.37. The number of nitrogens with one attached hydrogen (secondary N) is 1. The van der Waals surface area contributed by atoms with Crippen molar-refractivity contribution < 1.29 is 19.2 Å². The third-order valence-electron chi connectivity index (χ3n) is 3.42. The number of nitro groups is 1. The van der Waals surface area contributed by atoms with Crippen molar-refractivity contribution in [2.24, 2.45) is 0 Å². The van der Waals surface area contributed by atoms with Gasteiger partial charge in [-0.25, -0.2) is 4.98 Å². The number of carbonyl (C=O) groups excluding carboxylic acids is 1. The molecule has 1 N–H and O–H groups in total. The molecule has 1 amide bonds. The van der Waals surface area contributed by atoms with Crippen LogP contribution in [0, 0.1) is 10.1 Å². The summed E-state index contributed by atoms with van der Waals surface area (Å²) >= 11 is 2.45. The topological polar surface area (TPSA) is 104 Å². The molecule has 0 unspecified atom stereocenters. The fraction of sp³-hybridized carbons (Fsp3) is 0.125. The summed E-state index contributed by atoms with van der Waals surface area (Å²) < 4.78 is 10.3. The van der Waals surface area contributed by atoms with Crippen molar-refractivity contribution in [1.82, 2.24) is 4.98 Å². The molecule has 0 atom stereocenters. The Morgan fingerprint density at radius 1 is 1.19 bits per heavy atom. The largest absolute Gasteiger partial charge is 0.497 e. The number of anilines is 1. The fourth-order valence-electron chi connectivity index (χ4n) is 2.16. The minimum Gasteiger partial charge on any atom is -0.497 e. The highest BCUT2D eigenvalue weighted by atomic mass is 32.1. The molecule has 0 saturated carbocycles. The lowest BCUT2D eigenvalue weighted by atomic mass is 10.2. The van der Waals surface area contributed by atoms with E-state index >= 15 is 0 Å². The maximum atomic E-state index is 12.5. The number of hydrogen-bond donors (Lipinski definition) is 1. The van der Waals surface area contributed by atoms with Gasteiger partial charge in [0.2, 0.25) is 0 Å². The minimum atomic E-state index is -0.454. The molecule has 3 aromatic rings. The number of rotatable bonds is 6. The molecule has 0 fully saturated rings. The molecule has 134 valence electrons. The van der Waals surface area contributed by atoms with Crippen molar-refractivity contribution in [3.63, 3.8) is 0 Å². The van der Waals surface area contributed by atoms with Gasteiger partial charge in [0.1, 0.15) is 11.5 Å². The second kappa shape index (κ2) is 7.50. The first-order chi connectivity index (χ1) is 12.5. The molecule has 0 aliphatic rings. The fourth-order valence-corrected chi connectivity index (χ4v) is 3.75. The summed E-state index contributed by atoms with van der Waals surface area (Å²) in [6.07, 6.45) is 0. The predicted octanol–water partition coefficient (Wildman–Crippen LogP) is 4.05. The maximum Gasteiger partial charge on any atom is 0.280 e. The molecule has 2 heterocycles. The Morgan fingerprint density at radius 2 is 2.00 bits per heavy atom. The van der Waals surface area contributed by atoms with Gasteiger partial charge in [-0.05, 0) is 18.2 Å². The summed E-state index contributed by atoms with van der Waals surface area (Å²) in [5, 5.41) is 17.1. The number of hydrogen-bond acceptors (Lipinski definition) is 8. The lowest BCUT2D eigenvalue weighted by molar-refractivity contribution is -0.384. The molecule has 0 bridgehead atoms. The third-order valence-corrected chi connectivity index (χ3v) is 5.12. The molecule has 0 aliphatic heterocycles. The van der Waals surface area contributed by atoms with Crippen LogP contribution in [0.5, 0.6) is 11.5 Å². The number of nitrogens with zero attached hydrogens (tertiary/aromatic N) is 2. The van der Waals surface area contributed by atoms with Crippen molar-refractivity contribution in [2.45, 2.75) is 0 Å². The SMILES string of the molecule is COc1ccc(OC)c(C(=O)Nc2nc(-c3cc([N+](=O)[O-])cs3)cs2)c1. The number of ether oxygens (including phenoxy) is 2. The van der Waals surface area contributed by atoms with Gasteiger partial charge in [-0.1, -0.05) is 0 Å². The summed E-state index contributed by atoms with van der Waals surface area (Å²) in [4.78, 5) is 27.8. The lowest BCUT2D eigenvalue weighted by Crippen LogP contribution is -2.13. The van der Waals surface area contributed by atoms with E-state index in [1.165, 1.54) is 48.3 Å². The lowest BCUT2D eigenvalue weighted by Gasteiger charge is -2.09. The van der Waals surface area contributed by atoms with Crippen LogP contribution in [0.25, 0.3) is 10.6 Å². The average molecular weight is 391 g/mol. The number of benzene rings is 1. The first-order valence-electron chi connectivity index (χ1n) is 7.24. The average Bonchev–Trinajstić information content (AvgIpc) is 3.30. The Labute approximate surface area is 156 Å². The van der Waals surface area contributed by atoms with Crippen LogP contribution in [-0.2, 0) is 0 Å². The molecule has 0 spiro atoms. The summed E-state index contributed by atoms with van der Waals surface area (Å²) in [7, 11) is 2.99. The second-order valence-electron chi connectivity index (χ2n) is 4.98. The van der Waals surface area contributed by atoms with Crippen LogP contribution in [0.4, 0.5) is 10.8 Å². The van der Waals surface area contributed by atoms with Gasteiger partial charge < -0.3 is 9.47 Å². The van der Waals surface area contributed by atoms with Gasteiger partial charge >= 0.3 is 0 Å². The van der Waals surface area contributed by atoms with Crippen LogP contribution in [0.1, 0.15) is 10.4 Å². The number of thiazole rings is 1. The Bertz CT molecular complexity index is 966.